The van der Waals surface area contributed by atoms with Gasteiger partial charge in [0.2, 0.25) is 0 Å². The molecule has 0 radical (unpaired) electrons. The summed E-state index contributed by atoms with van der Waals surface area (Å²) in [6.45, 7) is 1.61. The molecule has 5 nitrogen and oxygen atoms in total. The molecule has 1 heterocycles. The number of nitriles is 1. The number of alkyl halides is 3. The molecule has 1 aliphatic heterocycles. The molecule has 0 aromatic heterocycles. The van der Waals surface area contributed by atoms with Gasteiger partial charge in [-0.2, -0.15) is 18.4 Å². The summed E-state index contributed by atoms with van der Waals surface area (Å²) in [5, 5.41) is 11.4. The first-order valence-electron chi connectivity index (χ1n) is 6.17. The lowest BCUT2D eigenvalue weighted by Gasteiger charge is -2.27. The van der Waals surface area contributed by atoms with Crippen molar-refractivity contribution < 1.29 is 22.7 Å². The minimum atomic E-state index is -4.53. The standard InChI is InChI=1S/C13H12F3N3O2/c14-13(15,16)10-1-2-11(9(7-10)8-17)18-12(20)19-3-5-21-6-4-19/h1-2,7H,3-6H2,(H,18,20). The number of rotatable bonds is 1. The number of nitrogens with zero attached hydrogens (tertiary/aromatic N) is 2. The quantitative estimate of drug-likeness (QED) is 0.866. The van der Waals surface area contributed by atoms with Gasteiger partial charge in [0.1, 0.15) is 6.07 Å². The lowest BCUT2D eigenvalue weighted by atomic mass is 10.1. The molecule has 1 aliphatic rings. The lowest BCUT2D eigenvalue weighted by molar-refractivity contribution is -0.137. The minimum absolute atomic E-state index is 0.0574. The fourth-order valence-corrected chi connectivity index (χ4v) is 1.88. The predicted molar refractivity (Wildman–Crippen MR) is 67.6 cm³/mol. The summed E-state index contributed by atoms with van der Waals surface area (Å²) in [6.07, 6.45) is -4.53. The second kappa shape index (κ2) is 6.01. The Morgan fingerprint density at radius 3 is 2.57 bits per heavy atom. The van der Waals surface area contributed by atoms with Crippen LogP contribution in [0.3, 0.4) is 0 Å². The molecule has 21 heavy (non-hydrogen) atoms. The van der Waals surface area contributed by atoms with Crippen LogP contribution in [0.15, 0.2) is 18.2 Å². The number of hydrogen-bond donors (Lipinski definition) is 1. The van der Waals surface area contributed by atoms with Crippen LogP contribution in [0, 0.1) is 11.3 Å². The van der Waals surface area contributed by atoms with Gasteiger partial charge in [0.15, 0.2) is 0 Å². The van der Waals surface area contributed by atoms with Crippen LogP contribution in [0.25, 0.3) is 0 Å². The van der Waals surface area contributed by atoms with E-state index in [-0.39, 0.29) is 11.3 Å². The summed E-state index contributed by atoms with van der Waals surface area (Å²) in [5.41, 5.74) is -1.10. The maximum atomic E-state index is 12.6. The van der Waals surface area contributed by atoms with E-state index in [1.54, 1.807) is 6.07 Å². The van der Waals surface area contributed by atoms with E-state index < -0.39 is 17.8 Å². The number of carbonyl (C=O) groups is 1. The number of carbonyl (C=O) groups excluding carboxylic acids is 1. The first kappa shape index (κ1) is 15.1. The molecule has 112 valence electrons. The molecule has 0 saturated carbocycles. The molecule has 8 heteroatoms. The van der Waals surface area contributed by atoms with Crippen LogP contribution in [0.1, 0.15) is 11.1 Å². The van der Waals surface area contributed by atoms with E-state index >= 15 is 0 Å². The van der Waals surface area contributed by atoms with Gasteiger partial charge < -0.3 is 15.0 Å². The van der Waals surface area contributed by atoms with Crippen LogP contribution in [0.2, 0.25) is 0 Å². The Labute approximate surface area is 118 Å². The summed E-state index contributed by atoms with van der Waals surface area (Å²) < 4.78 is 42.8. The number of hydrogen-bond acceptors (Lipinski definition) is 3. The van der Waals surface area contributed by atoms with Crippen molar-refractivity contribution in [3.05, 3.63) is 29.3 Å². The van der Waals surface area contributed by atoms with Crippen molar-refractivity contribution in [3.8, 4) is 6.07 Å². The van der Waals surface area contributed by atoms with E-state index in [0.717, 1.165) is 18.2 Å². The Morgan fingerprint density at radius 1 is 1.33 bits per heavy atom. The second-order valence-corrected chi connectivity index (χ2v) is 4.40. The van der Waals surface area contributed by atoms with Crippen molar-refractivity contribution >= 4 is 11.7 Å². The van der Waals surface area contributed by atoms with Gasteiger partial charge in [0.25, 0.3) is 0 Å². The number of halogens is 3. The van der Waals surface area contributed by atoms with Gasteiger partial charge in [-0.25, -0.2) is 4.79 Å². The van der Waals surface area contributed by atoms with Gasteiger partial charge in [-0.1, -0.05) is 0 Å². The summed E-state index contributed by atoms with van der Waals surface area (Å²) in [6, 6.07) is 3.82. The average Bonchev–Trinajstić information content (AvgIpc) is 2.47. The predicted octanol–water partition coefficient (Wildman–Crippen LogP) is 2.44. The Kier molecular flexibility index (Phi) is 4.33. The van der Waals surface area contributed by atoms with Crippen LogP contribution in [0.4, 0.5) is 23.7 Å². The summed E-state index contributed by atoms with van der Waals surface area (Å²) >= 11 is 0. The molecule has 1 saturated heterocycles. The molecule has 1 N–H and O–H groups in total. The smallest absolute Gasteiger partial charge is 0.378 e. The van der Waals surface area contributed by atoms with Crippen molar-refractivity contribution in [1.29, 1.82) is 5.26 Å². The van der Waals surface area contributed by atoms with Crippen molar-refractivity contribution in [2.75, 3.05) is 31.6 Å². The largest absolute Gasteiger partial charge is 0.416 e. The summed E-state index contributed by atoms with van der Waals surface area (Å²) in [4.78, 5) is 13.4. The van der Waals surface area contributed by atoms with Crippen molar-refractivity contribution in [3.63, 3.8) is 0 Å². The number of anilines is 1. The van der Waals surface area contributed by atoms with Gasteiger partial charge in [-0.15, -0.1) is 0 Å². The Hall–Kier alpha value is -2.27. The van der Waals surface area contributed by atoms with E-state index in [9.17, 15) is 18.0 Å². The number of benzene rings is 1. The zero-order chi connectivity index (χ0) is 15.5. The molecule has 0 spiro atoms. The Bertz CT molecular complexity index is 575. The van der Waals surface area contributed by atoms with Crippen LogP contribution in [-0.2, 0) is 10.9 Å². The van der Waals surface area contributed by atoms with E-state index in [1.165, 1.54) is 4.90 Å². The highest BCUT2D eigenvalue weighted by Crippen LogP contribution is 2.31. The second-order valence-electron chi connectivity index (χ2n) is 4.40. The molecule has 0 aliphatic carbocycles. The van der Waals surface area contributed by atoms with E-state index in [4.69, 9.17) is 10.00 Å². The minimum Gasteiger partial charge on any atom is -0.378 e. The highest BCUT2D eigenvalue weighted by Gasteiger charge is 2.31. The van der Waals surface area contributed by atoms with Crippen LogP contribution >= 0.6 is 0 Å². The maximum Gasteiger partial charge on any atom is 0.416 e. The molecular weight excluding hydrogens is 287 g/mol. The molecule has 0 atom stereocenters. The van der Waals surface area contributed by atoms with Gasteiger partial charge in [-0.05, 0) is 18.2 Å². The third-order valence-electron chi connectivity index (χ3n) is 3.01. The molecule has 1 fully saturated rings. The fourth-order valence-electron chi connectivity index (χ4n) is 1.88. The van der Waals surface area contributed by atoms with E-state index in [0.29, 0.717) is 26.3 Å². The van der Waals surface area contributed by atoms with Gasteiger partial charge >= 0.3 is 12.2 Å². The van der Waals surface area contributed by atoms with Crippen molar-refractivity contribution in [2.24, 2.45) is 0 Å². The molecule has 1 aromatic carbocycles. The SMILES string of the molecule is N#Cc1cc(C(F)(F)F)ccc1NC(=O)N1CCOCC1. The highest BCUT2D eigenvalue weighted by atomic mass is 19.4. The lowest BCUT2D eigenvalue weighted by Crippen LogP contribution is -2.43. The normalized spacial score (nSPS) is 15.4. The van der Waals surface area contributed by atoms with E-state index in [2.05, 4.69) is 5.32 Å². The van der Waals surface area contributed by atoms with Gasteiger partial charge in [0.05, 0.1) is 30.0 Å². The number of ether oxygens (including phenoxy) is 1. The van der Waals surface area contributed by atoms with Crippen LogP contribution < -0.4 is 5.32 Å². The molecule has 2 rings (SSSR count). The van der Waals surface area contributed by atoms with Crippen LogP contribution in [-0.4, -0.2) is 37.2 Å². The number of morpholine rings is 1. The van der Waals surface area contributed by atoms with Crippen molar-refractivity contribution in [1.82, 2.24) is 4.90 Å². The summed E-state index contributed by atoms with van der Waals surface area (Å²) in [7, 11) is 0. The fraction of sp³-hybridized carbons (Fsp3) is 0.385. The zero-order valence-electron chi connectivity index (χ0n) is 10.9. The Morgan fingerprint density at radius 2 is 2.00 bits per heavy atom. The molecule has 0 unspecified atom stereocenters. The maximum absolute atomic E-state index is 12.6. The van der Waals surface area contributed by atoms with Crippen molar-refractivity contribution in [2.45, 2.75) is 6.18 Å². The molecule has 2 amide bonds. The third-order valence-corrected chi connectivity index (χ3v) is 3.01. The molecule has 0 bridgehead atoms. The number of amides is 2. The van der Waals surface area contributed by atoms with Crippen LogP contribution in [0.5, 0.6) is 0 Å². The monoisotopic (exact) mass is 299 g/mol. The zero-order valence-corrected chi connectivity index (χ0v) is 10.9. The van der Waals surface area contributed by atoms with Gasteiger partial charge in [0, 0.05) is 13.1 Å². The number of urea groups is 1. The topological polar surface area (TPSA) is 65.4 Å². The molecular formula is C13H12F3N3O2. The average molecular weight is 299 g/mol. The number of nitrogens with one attached hydrogen (secondary N) is 1. The Balaban J connectivity index is 2.16. The molecule has 1 aromatic rings. The third kappa shape index (κ3) is 3.64. The van der Waals surface area contributed by atoms with Gasteiger partial charge in [-0.3, -0.25) is 0 Å². The first-order valence-corrected chi connectivity index (χ1v) is 6.17. The highest BCUT2D eigenvalue weighted by molar-refractivity contribution is 5.91. The first-order chi connectivity index (χ1) is 9.91. The van der Waals surface area contributed by atoms with E-state index in [1.807, 2.05) is 0 Å². The summed E-state index contributed by atoms with van der Waals surface area (Å²) in [5.74, 6) is 0.